The molecule has 0 amide bonds. The van der Waals surface area contributed by atoms with E-state index in [-0.39, 0.29) is 18.9 Å². The Labute approximate surface area is 129 Å². The quantitative estimate of drug-likeness (QED) is 0.715. The van der Waals surface area contributed by atoms with Crippen LogP contribution in [-0.2, 0) is 10.9 Å². The normalized spacial score (nSPS) is 22.9. The van der Waals surface area contributed by atoms with Crippen molar-refractivity contribution in [1.82, 2.24) is 0 Å². The molecule has 0 N–H and O–H groups in total. The highest BCUT2D eigenvalue weighted by Crippen LogP contribution is 2.40. The van der Waals surface area contributed by atoms with Gasteiger partial charge in [-0.1, -0.05) is 0 Å². The Morgan fingerprint density at radius 2 is 1.61 bits per heavy atom. The van der Waals surface area contributed by atoms with E-state index in [0.717, 1.165) is 0 Å². The number of hydrogen-bond donors (Lipinski definition) is 0. The third-order valence-electron chi connectivity index (χ3n) is 3.98. The van der Waals surface area contributed by atoms with Gasteiger partial charge in [0.2, 0.25) is 0 Å². The van der Waals surface area contributed by atoms with Crippen LogP contribution < -0.4 is 4.74 Å². The fourth-order valence-electron chi connectivity index (χ4n) is 2.66. The van der Waals surface area contributed by atoms with Gasteiger partial charge in [-0.05, 0) is 37.8 Å². The first-order chi connectivity index (χ1) is 10.6. The van der Waals surface area contributed by atoms with Crippen molar-refractivity contribution in [2.45, 2.75) is 44.1 Å². The molecule has 1 fully saturated rings. The highest BCUT2D eigenvalue weighted by Gasteiger charge is 2.44. The SMILES string of the molecule is COC1CCC(C(F)(F)Oc2ccc(C(F)(F)F)c(F)c2)CC1. The number of alkyl halides is 5. The van der Waals surface area contributed by atoms with Crippen LogP contribution in [0.15, 0.2) is 18.2 Å². The van der Waals surface area contributed by atoms with Crippen LogP contribution in [-0.4, -0.2) is 19.3 Å². The van der Waals surface area contributed by atoms with Gasteiger partial charge in [-0.15, -0.1) is 0 Å². The van der Waals surface area contributed by atoms with Crippen molar-refractivity contribution >= 4 is 0 Å². The summed E-state index contributed by atoms with van der Waals surface area (Å²) in [6, 6.07) is 1.42. The third-order valence-corrected chi connectivity index (χ3v) is 3.98. The minimum absolute atomic E-state index is 0.0782. The third kappa shape index (κ3) is 4.31. The van der Waals surface area contributed by atoms with Gasteiger partial charge in [0.05, 0.1) is 17.6 Å². The molecule has 1 aliphatic carbocycles. The maximum atomic E-state index is 14.1. The van der Waals surface area contributed by atoms with E-state index >= 15 is 0 Å². The Morgan fingerprint density at radius 3 is 2.09 bits per heavy atom. The fraction of sp³-hybridized carbons (Fsp3) is 0.600. The molecule has 1 aromatic rings. The number of rotatable bonds is 4. The van der Waals surface area contributed by atoms with E-state index < -0.39 is 35.3 Å². The Kier molecular flexibility index (Phi) is 5.13. The Hall–Kier alpha value is -1.44. The average molecular weight is 342 g/mol. The summed E-state index contributed by atoms with van der Waals surface area (Å²) in [4.78, 5) is 0. The van der Waals surface area contributed by atoms with Gasteiger partial charge in [-0.2, -0.15) is 22.0 Å². The van der Waals surface area contributed by atoms with E-state index in [1.54, 1.807) is 0 Å². The lowest BCUT2D eigenvalue weighted by Crippen LogP contribution is -2.38. The summed E-state index contributed by atoms with van der Waals surface area (Å²) in [7, 11) is 1.50. The molecule has 2 nitrogen and oxygen atoms in total. The highest BCUT2D eigenvalue weighted by molar-refractivity contribution is 5.30. The van der Waals surface area contributed by atoms with Gasteiger partial charge in [-0.25, -0.2) is 4.39 Å². The van der Waals surface area contributed by atoms with Crippen LogP contribution in [0, 0.1) is 11.7 Å². The highest BCUT2D eigenvalue weighted by atomic mass is 19.4. The van der Waals surface area contributed by atoms with Crippen LogP contribution in [0.3, 0.4) is 0 Å². The minimum Gasteiger partial charge on any atom is -0.432 e. The van der Waals surface area contributed by atoms with Crippen molar-refractivity contribution < 1.29 is 35.8 Å². The largest absolute Gasteiger partial charge is 0.432 e. The maximum Gasteiger partial charge on any atom is 0.419 e. The number of methoxy groups -OCH3 is 1. The van der Waals surface area contributed by atoms with Crippen LogP contribution >= 0.6 is 0 Å². The summed E-state index contributed by atoms with van der Waals surface area (Å²) < 4.78 is 88.5. The molecule has 0 radical (unpaired) electrons. The van der Waals surface area contributed by atoms with Crippen LogP contribution in [0.5, 0.6) is 5.75 Å². The van der Waals surface area contributed by atoms with Crippen LogP contribution in [0.25, 0.3) is 0 Å². The van der Waals surface area contributed by atoms with Gasteiger partial charge < -0.3 is 9.47 Å². The number of halogens is 6. The first kappa shape index (κ1) is 17.9. The van der Waals surface area contributed by atoms with Gasteiger partial charge >= 0.3 is 12.3 Å². The molecule has 0 heterocycles. The van der Waals surface area contributed by atoms with Gasteiger partial charge in [-0.3, -0.25) is 0 Å². The standard InChI is InChI=1S/C15H16F6O2/c1-22-10-4-2-9(3-5-10)15(20,21)23-11-6-7-12(13(16)8-11)14(17,18)19/h6-10H,2-5H2,1H3. The van der Waals surface area contributed by atoms with E-state index in [2.05, 4.69) is 4.74 Å². The first-order valence-corrected chi connectivity index (χ1v) is 7.10. The molecular formula is C15H16F6O2. The molecule has 8 heteroatoms. The summed E-state index contributed by atoms with van der Waals surface area (Å²) in [6.45, 7) is 0. The van der Waals surface area contributed by atoms with Gasteiger partial charge in [0.25, 0.3) is 0 Å². The molecular weight excluding hydrogens is 326 g/mol. The monoisotopic (exact) mass is 342 g/mol. The average Bonchev–Trinajstić information content (AvgIpc) is 2.45. The van der Waals surface area contributed by atoms with Crippen molar-refractivity contribution in [2.24, 2.45) is 5.92 Å². The van der Waals surface area contributed by atoms with Crippen molar-refractivity contribution in [3.05, 3.63) is 29.6 Å². The fourth-order valence-corrected chi connectivity index (χ4v) is 2.66. The number of hydrogen-bond acceptors (Lipinski definition) is 2. The van der Waals surface area contributed by atoms with Crippen molar-refractivity contribution in [2.75, 3.05) is 7.11 Å². The molecule has 2 rings (SSSR count). The van der Waals surface area contributed by atoms with Crippen molar-refractivity contribution in [3.63, 3.8) is 0 Å². The van der Waals surface area contributed by atoms with Gasteiger partial charge in [0.15, 0.2) is 0 Å². The van der Waals surface area contributed by atoms with E-state index in [0.29, 0.717) is 31.0 Å². The predicted octanol–water partition coefficient (Wildman–Crippen LogP) is 5.02. The summed E-state index contributed by atoms with van der Waals surface area (Å²) in [5.41, 5.74) is -1.52. The molecule has 0 saturated heterocycles. The molecule has 0 unspecified atom stereocenters. The van der Waals surface area contributed by atoms with Crippen molar-refractivity contribution in [1.29, 1.82) is 0 Å². The molecule has 1 aromatic carbocycles. The molecule has 0 aromatic heterocycles. The van der Waals surface area contributed by atoms with Gasteiger partial charge in [0, 0.05) is 13.2 Å². The van der Waals surface area contributed by atoms with Crippen LogP contribution in [0.1, 0.15) is 31.2 Å². The second kappa shape index (κ2) is 6.59. The lowest BCUT2D eigenvalue weighted by atomic mass is 9.86. The van der Waals surface area contributed by atoms with Crippen LogP contribution in [0.2, 0.25) is 0 Å². The second-order valence-electron chi connectivity index (χ2n) is 5.51. The zero-order valence-corrected chi connectivity index (χ0v) is 12.3. The molecule has 0 aliphatic heterocycles. The number of ether oxygens (including phenoxy) is 2. The topological polar surface area (TPSA) is 18.5 Å². The molecule has 1 aliphatic rings. The number of benzene rings is 1. The molecule has 0 bridgehead atoms. The molecule has 23 heavy (non-hydrogen) atoms. The summed E-state index contributed by atoms with van der Waals surface area (Å²) >= 11 is 0. The minimum atomic E-state index is -4.89. The smallest absolute Gasteiger partial charge is 0.419 e. The Bertz CT molecular complexity index is 535. The Morgan fingerprint density at radius 1 is 1.00 bits per heavy atom. The molecule has 130 valence electrons. The maximum absolute atomic E-state index is 14.1. The van der Waals surface area contributed by atoms with Crippen molar-refractivity contribution in [3.8, 4) is 5.75 Å². The molecule has 1 saturated carbocycles. The van der Waals surface area contributed by atoms with Crippen LogP contribution in [0.4, 0.5) is 26.3 Å². The van der Waals surface area contributed by atoms with Gasteiger partial charge in [0.1, 0.15) is 11.6 Å². The first-order valence-electron chi connectivity index (χ1n) is 7.10. The lowest BCUT2D eigenvalue weighted by Gasteiger charge is -2.32. The Balaban J connectivity index is 2.07. The van der Waals surface area contributed by atoms with E-state index in [9.17, 15) is 26.3 Å². The second-order valence-corrected chi connectivity index (χ2v) is 5.51. The molecule has 0 spiro atoms. The lowest BCUT2D eigenvalue weighted by molar-refractivity contribution is -0.225. The predicted molar refractivity (Wildman–Crippen MR) is 69.7 cm³/mol. The zero-order valence-electron chi connectivity index (χ0n) is 12.3. The van der Waals surface area contributed by atoms with E-state index in [4.69, 9.17) is 4.74 Å². The van der Waals surface area contributed by atoms with E-state index in [1.807, 2.05) is 0 Å². The molecule has 0 atom stereocenters. The summed E-state index contributed by atoms with van der Waals surface area (Å²) in [5, 5.41) is 0. The summed E-state index contributed by atoms with van der Waals surface area (Å²) in [6.07, 6.45) is -7.33. The van der Waals surface area contributed by atoms with E-state index in [1.165, 1.54) is 7.11 Å². The zero-order chi connectivity index (χ0) is 17.3. The summed E-state index contributed by atoms with van der Waals surface area (Å²) in [5.74, 6) is -3.36.